The minimum absolute atomic E-state index is 0.209. The van der Waals surface area contributed by atoms with E-state index in [0.29, 0.717) is 35.1 Å². The Bertz CT molecular complexity index is 1430. The number of imidazole rings is 1. The standard InChI is InChI=1S/C29H34ClN5O4S/c1-5-7-9-26-31-15-23(34(26)16-21-11-10-20(13-24(21)30)28(37)39-4)14-25-27(36)33(12-8-6-2)29(38)35(25)17-22-18-40-19(3)32-22/h10-11,13-15,18H,5-9,12,16-17H2,1-4H3. The SMILES string of the molecule is CCCCc1ncc(C=C2C(=O)N(CCCC)C(=O)N2Cc2csc(C)n2)n1Cc1ccc(C(=O)OC)cc1Cl. The number of urea groups is 1. The molecule has 11 heteroatoms. The Morgan fingerprint density at radius 3 is 2.55 bits per heavy atom. The number of methoxy groups -OCH3 is 1. The number of benzene rings is 1. The molecular formula is C29H34ClN5O4S. The van der Waals surface area contributed by atoms with Crippen molar-refractivity contribution in [3.63, 3.8) is 0 Å². The summed E-state index contributed by atoms with van der Waals surface area (Å²) in [6.07, 6.45) is 7.75. The van der Waals surface area contributed by atoms with Gasteiger partial charge in [-0.3, -0.25) is 14.6 Å². The second-order valence-corrected chi connectivity index (χ2v) is 11.1. The van der Waals surface area contributed by atoms with Crippen LogP contribution in [0.2, 0.25) is 5.02 Å². The third-order valence-corrected chi connectivity index (χ3v) is 7.92. The Hall–Kier alpha value is -3.50. The first-order valence-electron chi connectivity index (χ1n) is 13.4. The summed E-state index contributed by atoms with van der Waals surface area (Å²) >= 11 is 8.08. The molecule has 0 N–H and O–H groups in total. The molecule has 1 aromatic carbocycles. The number of nitrogens with zero attached hydrogens (tertiary/aromatic N) is 5. The molecule has 0 saturated carbocycles. The van der Waals surface area contributed by atoms with Crippen molar-refractivity contribution in [3.05, 3.63) is 73.8 Å². The van der Waals surface area contributed by atoms with Gasteiger partial charge in [-0.05, 0) is 43.5 Å². The zero-order valence-electron chi connectivity index (χ0n) is 23.3. The van der Waals surface area contributed by atoms with E-state index < -0.39 is 5.97 Å². The highest BCUT2D eigenvalue weighted by Crippen LogP contribution is 2.28. The van der Waals surface area contributed by atoms with E-state index in [4.69, 9.17) is 16.3 Å². The Morgan fingerprint density at radius 2 is 1.90 bits per heavy atom. The van der Waals surface area contributed by atoms with Crippen molar-refractivity contribution >= 4 is 46.9 Å². The summed E-state index contributed by atoms with van der Waals surface area (Å²) in [6, 6.07) is 4.72. The van der Waals surface area contributed by atoms with E-state index in [1.165, 1.54) is 28.2 Å². The molecule has 3 amide bonds. The molecule has 0 unspecified atom stereocenters. The Morgan fingerprint density at radius 1 is 1.12 bits per heavy atom. The number of carbonyl (C=O) groups is 3. The lowest BCUT2D eigenvalue weighted by Crippen LogP contribution is -2.33. The number of aryl methyl sites for hydroxylation is 2. The molecule has 0 spiro atoms. The molecule has 4 rings (SSSR count). The minimum Gasteiger partial charge on any atom is -0.465 e. The number of aromatic nitrogens is 3. The van der Waals surface area contributed by atoms with E-state index >= 15 is 0 Å². The summed E-state index contributed by atoms with van der Waals surface area (Å²) in [5, 5.41) is 3.23. The van der Waals surface area contributed by atoms with Gasteiger partial charge in [0.05, 0.1) is 48.4 Å². The van der Waals surface area contributed by atoms with Crippen LogP contribution in [0, 0.1) is 6.92 Å². The summed E-state index contributed by atoms with van der Waals surface area (Å²) in [6.45, 7) is 7.00. The molecule has 212 valence electrons. The normalized spacial score (nSPS) is 14.6. The van der Waals surface area contributed by atoms with Crippen molar-refractivity contribution < 1.29 is 19.1 Å². The lowest BCUT2D eigenvalue weighted by atomic mass is 10.1. The van der Waals surface area contributed by atoms with E-state index in [0.717, 1.165) is 54.2 Å². The fourth-order valence-corrected chi connectivity index (χ4v) is 5.37. The molecule has 1 fully saturated rings. The molecule has 0 bridgehead atoms. The van der Waals surface area contributed by atoms with Gasteiger partial charge in [0, 0.05) is 23.4 Å². The predicted octanol–water partition coefficient (Wildman–Crippen LogP) is 6.08. The maximum absolute atomic E-state index is 13.5. The lowest BCUT2D eigenvalue weighted by molar-refractivity contribution is -0.123. The molecule has 1 aliphatic rings. The maximum Gasteiger partial charge on any atom is 0.337 e. The highest BCUT2D eigenvalue weighted by atomic mass is 35.5. The molecule has 3 aromatic rings. The van der Waals surface area contributed by atoms with Crippen LogP contribution in [-0.2, 0) is 29.0 Å². The van der Waals surface area contributed by atoms with Crippen molar-refractivity contribution in [2.45, 2.75) is 66.0 Å². The van der Waals surface area contributed by atoms with Crippen molar-refractivity contribution in [1.82, 2.24) is 24.3 Å². The van der Waals surface area contributed by atoms with Crippen LogP contribution >= 0.6 is 22.9 Å². The monoisotopic (exact) mass is 583 g/mol. The Balaban J connectivity index is 1.74. The Kier molecular flexibility index (Phi) is 9.76. The Labute approximate surface area is 243 Å². The summed E-state index contributed by atoms with van der Waals surface area (Å²) in [5.74, 6) is 0.0643. The van der Waals surface area contributed by atoms with Crippen LogP contribution in [0.5, 0.6) is 0 Å². The quantitative estimate of drug-likeness (QED) is 0.145. The molecule has 0 atom stereocenters. The van der Waals surface area contributed by atoms with Crippen LogP contribution in [0.15, 0.2) is 35.5 Å². The van der Waals surface area contributed by atoms with Crippen LogP contribution < -0.4 is 0 Å². The largest absolute Gasteiger partial charge is 0.465 e. The van der Waals surface area contributed by atoms with E-state index in [1.807, 2.05) is 23.8 Å². The number of thiazole rings is 1. The number of ether oxygens (including phenoxy) is 1. The van der Waals surface area contributed by atoms with Gasteiger partial charge in [0.25, 0.3) is 5.91 Å². The van der Waals surface area contributed by atoms with Crippen molar-refractivity contribution in [1.29, 1.82) is 0 Å². The maximum atomic E-state index is 13.5. The molecular weight excluding hydrogens is 550 g/mol. The van der Waals surface area contributed by atoms with Crippen LogP contribution in [0.25, 0.3) is 6.08 Å². The van der Waals surface area contributed by atoms with Crippen molar-refractivity contribution in [3.8, 4) is 0 Å². The van der Waals surface area contributed by atoms with Crippen LogP contribution in [0.4, 0.5) is 4.79 Å². The highest BCUT2D eigenvalue weighted by Gasteiger charge is 2.41. The van der Waals surface area contributed by atoms with Gasteiger partial charge >= 0.3 is 12.0 Å². The topological polar surface area (TPSA) is 97.6 Å². The van der Waals surface area contributed by atoms with Gasteiger partial charge in [0.2, 0.25) is 0 Å². The van der Waals surface area contributed by atoms with Gasteiger partial charge < -0.3 is 9.30 Å². The summed E-state index contributed by atoms with van der Waals surface area (Å²) in [5.41, 5.74) is 2.87. The van der Waals surface area contributed by atoms with Gasteiger partial charge in [-0.25, -0.2) is 19.6 Å². The molecule has 0 aliphatic carbocycles. The van der Waals surface area contributed by atoms with Crippen molar-refractivity contribution in [2.75, 3.05) is 13.7 Å². The third kappa shape index (κ3) is 6.45. The van der Waals surface area contributed by atoms with Crippen LogP contribution in [-0.4, -0.2) is 55.9 Å². The first-order valence-corrected chi connectivity index (χ1v) is 14.7. The zero-order chi connectivity index (χ0) is 28.8. The molecule has 9 nitrogen and oxygen atoms in total. The summed E-state index contributed by atoms with van der Waals surface area (Å²) in [4.78, 5) is 50.9. The fourth-order valence-electron chi connectivity index (χ4n) is 4.53. The number of amides is 3. The third-order valence-electron chi connectivity index (χ3n) is 6.75. The molecule has 40 heavy (non-hydrogen) atoms. The number of hydrogen-bond acceptors (Lipinski definition) is 7. The number of carbonyl (C=O) groups excluding carboxylic acids is 3. The van der Waals surface area contributed by atoms with Gasteiger partial charge in [0.1, 0.15) is 11.5 Å². The molecule has 3 heterocycles. The van der Waals surface area contributed by atoms with Gasteiger partial charge in [0.15, 0.2) is 0 Å². The first-order chi connectivity index (χ1) is 19.3. The second-order valence-electron chi connectivity index (χ2n) is 9.65. The summed E-state index contributed by atoms with van der Waals surface area (Å²) in [7, 11) is 1.33. The first kappa shape index (κ1) is 29.5. The minimum atomic E-state index is -0.461. The number of halogens is 1. The average molecular weight is 584 g/mol. The second kappa shape index (κ2) is 13.2. The summed E-state index contributed by atoms with van der Waals surface area (Å²) < 4.78 is 6.82. The predicted molar refractivity (Wildman–Crippen MR) is 155 cm³/mol. The molecule has 1 aliphatic heterocycles. The van der Waals surface area contributed by atoms with E-state index in [2.05, 4.69) is 16.9 Å². The molecule has 0 radical (unpaired) electrons. The lowest BCUT2D eigenvalue weighted by Gasteiger charge is -2.16. The van der Waals surface area contributed by atoms with Gasteiger partial charge in [-0.1, -0.05) is 44.4 Å². The number of rotatable bonds is 12. The zero-order valence-corrected chi connectivity index (χ0v) is 24.8. The smallest absolute Gasteiger partial charge is 0.337 e. The van der Waals surface area contributed by atoms with E-state index in [1.54, 1.807) is 30.5 Å². The van der Waals surface area contributed by atoms with Gasteiger partial charge in [-0.15, -0.1) is 11.3 Å². The van der Waals surface area contributed by atoms with Crippen LogP contribution in [0.3, 0.4) is 0 Å². The number of imide groups is 1. The van der Waals surface area contributed by atoms with E-state index in [9.17, 15) is 14.4 Å². The van der Waals surface area contributed by atoms with Crippen LogP contribution in [0.1, 0.15) is 77.7 Å². The van der Waals surface area contributed by atoms with Crippen molar-refractivity contribution in [2.24, 2.45) is 0 Å². The van der Waals surface area contributed by atoms with E-state index in [-0.39, 0.29) is 18.5 Å². The number of hydrogen-bond donors (Lipinski definition) is 0. The highest BCUT2D eigenvalue weighted by molar-refractivity contribution is 7.09. The number of unbranched alkanes of at least 4 members (excludes halogenated alkanes) is 2. The fraction of sp³-hybridized carbons (Fsp3) is 0.414. The average Bonchev–Trinajstić information content (AvgIpc) is 3.59. The molecule has 1 saturated heterocycles. The molecule has 2 aromatic heterocycles. The number of esters is 1. The van der Waals surface area contributed by atoms with Gasteiger partial charge in [-0.2, -0.15) is 0 Å².